The van der Waals surface area contributed by atoms with Gasteiger partial charge in [-0.1, -0.05) is 25.1 Å². The number of anilines is 1. The number of hydrogen-bond donors (Lipinski definition) is 2. The molecule has 1 heterocycles. The molecule has 3 rings (SSSR count). The van der Waals surface area contributed by atoms with Gasteiger partial charge in [0.2, 0.25) is 0 Å². The fraction of sp³-hybridized carbons (Fsp3) is 0.222. The van der Waals surface area contributed by atoms with E-state index in [1.807, 2.05) is 6.92 Å². The first-order valence-electron chi connectivity index (χ1n) is 7.47. The number of carboxylic acid groups (broad SMARTS) is 1. The number of phenols is 1. The van der Waals surface area contributed by atoms with Crippen LogP contribution in [-0.4, -0.2) is 22.1 Å². The molecule has 0 bridgehead atoms. The van der Waals surface area contributed by atoms with Crippen molar-refractivity contribution in [1.29, 1.82) is 0 Å². The number of amides is 1. The van der Waals surface area contributed by atoms with Gasteiger partial charge in [-0.05, 0) is 41.8 Å². The molecule has 5 nitrogen and oxygen atoms in total. The number of carboxylic acids is 1. The van der Waals surface area contributed by atoms with Crippen LogP contribution in [0.25, 0.3) is 0 Å². The van der Waals surface area contributed by atoms with Crippen molar-refractivity contribution < 1.29 is 19.8 Å². The summed E-state index contributed by atoms with van der Waals surface area (Å²) < 4.78 is 0. The summed E-state index contributed by atoms with van der Waals surface area (Å²) in [6.45, 7) is 2.28. The second-order valence-electron chi connectivity index (χ2n) is 5.62. The van der Waals surface area contributed by atoms with Gasteiger partial charge in [0.15, 0.2) is 0 Å². The summed E-state index contributed by atoms with van der Waals surface area (Å²) in [5.74, 6) is -1.47. The Morgan fingerprint density at radius 2 is 1.91 bits per heavy atom. The minimum atomic E-state index is -0.847. The van der Waals surface area contributed by atoms with Gasteiger partial charge in [-0.3, -0.25) is 9.59 Å². The first-order valence-corrected chi connectivity index (χ1v) is 7.47. The molecule has 0 spiro atoms. The summed E-state index contributed by atoms with van der Waals surface area (Å²) in [5.41, 5.74) is 2.82. The maximum atomic E-state index is 12.5. The molecule has 2 N–H and O–H groups in total. The van der Waals surface area contributed by atoms with Crippen LogP contribution in [0.3, 0.4) is 0 Å². The second-order valence-corrected chi connectivity index (χ2v) is 5.62. The molecular weight excluding hydrogens is 294 g/mol. The summed E-state index contributed by atoms with van der Waals surface area (Å²) in [7, 11) is 0. The van der Waals surface area contributed by atoms with Crippen molar-refractivity contribution in [2.45, 2.75) is 25.8 Å². The lowest BCUT2D eigenvalue weighted by atomic mass is 9.96. The molecule has 5 heteroatoms. The van der Waals surface area contributed by atoms with Gasteiger partial charge in [0, 0.05) is 11.3 Å². The van der Waals surface area contributed by atoms with E-state index in [1.54, 1.807) is 41.3 Å². The summed E-state index contributed by atoms with van der Waals surface area (Å²) in [4.78, 5) is 25.3. The van der Waals surface area contributed by atoms with Crippen molar-refractivity contribution in [3.63, 3.8) is 0 Å². The number of aliphatic carboxylic acids is 1. The molecule has 1 aliphatic rings. The van der Waals surface area contributed by atoms with Crippen LogP contribution in [-0.2, 0) is 11.3 Å². The van der Waals surface area contributed by atoms with Crippen molar-refractivity contribution in [3.8, 4) is 5.75 Å². The van der Waals surface area contributed by atoms with E-state index in [1.165, 1.54) is 6.07 Å². The zero-order chi connectivity index (χ0) is 16.6. The van der Waals surface area contributed by atoms with E-state index in [2.05, 4.69) is 0 Å². The molecule has 0 unspecified atom stereocenters. The highest BCUT2D eigenvalue weighted by Gasteiger charge is 2.29. The molecule has 1 aliphatic heterocycles. The summed E-state index contributed by atoms with van der Waals surface area (Å²) in [6, 6.07) is 11.8. The van der Waals surface area contributed by atoms with Gasteiger partial charge in [-0.15, -0.1) is 0 Å². The Kier molecular flexibility index (Phi) is 3.78. The summed E-state index contributed by atoms with van der Waals surface area (Å²) in [6.07, 6.45) is 0.516. The molecule has 0 saturated carbocycles. The Hall–Kier alpha value is -2.82. The minimum Gasteiger partial charge on any atom is -0.508 e. The Morgan fingerprint density at radius 3 is 2.52 bits per heavy atom. The Balaban J connectivity index is 1.87. The fourth-order valence-corrected chi connectivity index (χ4v) is 2.94. The zero-order valence-corrected chi connectivity index (χ0v) is 12.7. The molecule has 0 saturated heterocycles. The molecule has 0 fully saturated rings. The molecule has 1 atom stereocenters. The number of phenolic OH excluding ortho intramolecular Hbond substituents is 1. The number of benzene rings is 2. The number of carbonyl (C=O) groups excluding carboxylic acids is 1. The lowest BCUT2D eigenvalue weighted by molar-refractivity contribution is -0.138. The zero-order valence-electron chi connectivity index (χ0n) is 12.7. The first kappa shape index (κ1) is 15.1. The van der Waals surface area contributed by atoms with Gasteiger partial charge in [0.05, 0.1) is 12.5 Å². The van der Waals surface area contributed by atoms with E-state index in [9.17, 15) is 19.8 Å². The molecule has 23 heavy (non-hydrogen) atoms. The number of rotatable bonds is 4. The van der Waals surface area contributed by atoms with Crippen molar-refractivity contribution in [2.75, 3.05) is 4.90 Å². The SMILES string of the molecule is CC[C@@H](C(=O)O)c1ccc(N2Cc3ccc(O)cc3C2=O)cc1. The van der Waals surface area contributed by atoms with E-state index >= 15 is 0 Å². The summed E-state index contributed by atoms with van der Waals surface area (Å²) >= 11 is 0. The maximum absolute atomic E-state index is 12.5. The van der Waals surface area contributed by atoms with Crippen LogP contribution < -0.4 is 4.90 Å². The number of nitrogens with zero attached hydrogens (tertiary/aromatic N) is 1. The molecule has 0 radical (unpaired) electrons. The van der Waals surface area contributed by atoms with Gasteiger partial charge < -0.3 is 15.1 Å². The third-order valence-electron chi connectivity index (χ3n) is 4.21. The topological polar surface area (TPSA) is 77.8 Å². The predicted octanol–water partition coefficient (Wildman–Crippen LogP) is 3.13. The molecule has 2 aromatic carbocycles. The van der Waals surface area contributed by atoms with E-state index in [4.69, 9.17) is 0 Å². The van der Waals surface area contributed by atoms with Gasteiger partial charge >= 0.3 is 5.97 Å². The quantitative estimate of drug-likeness (QED) is 0.909. The highest BCUT2D eigenvalue weighted by molar-refractivity contribution is 6.10. The van der Waals surface area contributed by atoms with Crippen LogP contribution in [0.4, 0.5) is 5.69 Å². The van der Waals surface area contributed by atoms with Crippen LogP contribution in [0.2, 0.25) is 0 Å². The molecular formula is C18H17NO4. The maximum Gasteiger partial charge on any atom is 0.310 e. The predicted molar refractivity (Wildman–Crippen MR) is 85.7 cm³/mol. The standard InChI is InChI=1S/C18H17NO4/c1-2-15(18(22)23)11-3-6-13(7-4-11)19-10-12-5-8-14(20)9-16(12)17(19)21/h3-9,15,20H,2,10H2,1H3,(H,22,23)/t15-/m1/s1. The highest BCUT2D eigenvalue weighted by atomic mass is 16.4. The van der Waals surface area contributed by atoms with E-state index < -0.39 is 11.9 Å². The smallest absolute Gasteiger partial charge is 0.310 e. The molecule has 0 aromatic heterocycles. The average molecular weight is 311 g/mol. The fourth-order valence-electron chi connectivity index (χ4n) is 2.94. The normalized spacial score (nSPS) is 14.7. The van der Waals surface area contributed by atoms with Gasteiger partial charge in [0.1, 0.15) is 5.75 Å². The van der Waals surface area contributed by atoms with E-state index in [0.717, 1.165) is 16.8 Å². The summed E-state index contributed by atoms with van der Waals surface area (Å²) in [5, 5.41) is 18.7. The molecule has 118 valence electrons. The van der Waals surface area contributed by atoms with Crippen LogP contribution in [0.1, 0.15) is 40.7 Å². The Bertz CT molecular complexity index is 767. The largest absolute Gasteiger partial charge is 0.508 e. The average Bonchev–Trinajstić information content (AvgIpc) is 2.85. The number of hydrogen-bond acceptors (Lipinski definition) is 3. The minimum absolute atomic E-state index is 0.0709. The van der Waals surface area contributed by atoms with Gasteiger partial charge in [-0.2, -0.15) is 0 Å². The first-order chi connectivity index (χ1) is 11.0. The highest BCUT2D eigenvalue weighted by Crippen LogP contribution is 2.31. The second kappa shape index (κ2) is 5.76. The van der Waals surface area contributed by atoms with Crippen molar-refractivity contribution in [3.05, 3.63) is 59.2 Å². The number of fused-ring (bicyclic) bond motifs is 1. The number of carbonyl (C=O) groups is 2. The number of aromatic hydroxyl groups is 1. The Morgan fingerprint density at radius 1 is 1.22 bits per heavy atom. The van der Waals surface area contributed by atoms with E-state index in [-0.39, 0.29) is 11.7 Å². The van der Waals surface area contributed by atoms with E-state index in [0.29, 0.717) is 18.5 Å². The van der Waals surface area contributed by atoms with Crippen molar-refractivity contribution in [2.24, 2.45) is 0 Å². The van der Waals surface area contributed by atoms with Gasteiger partial charge in [0.25, 0.3) is 5.91 Å². The third-order valence-corrected chi connectivity index (χ3v) is 4.21. The monoisotopic (exact) mass is 311 g/mol. The van der Waals surface area contributed by atoms with Crippen molar-refractivity contribution in [1.82, 2.24) is 0 Å². The van der Waals surface area contributed by atoms with Gasteiger partial charge in [-0.25, -0.2) is 0 Å². The third kappa shape index (κ3) is 2.65. The molecule has 0 aliphatic carbocycles. The van der Waals surface area contributed by atoms with Crippen molar-refractivity contribution >= 4 is 17.6 Å². The Labute approximate surface area is 133 Å². The lowest BCUT2D eigenvalue weighted by Crippen LogP contribution is -2.23. The van der Waals surface area contributed by atoms with Crippen LogP contribution in [0, 0.1) is 0 Å². The van der Waals surface area contributed by atoms with Crippen LogP contribution in [0.5, 0.6) is 5.75 Å². The lowest BCUT2D eigenvalue weighted by Gasteiger charge is -2.17. The van der Waals surface area contributed by atoms with Crippen LogP contribution >= 0.6 is 0 Å². The molecule has 1 amide bonds. The molecule has 2 aromatic rings. The van der Waals surface area contributed by atoms with Crippen LogP contribution in [0.15, 0.2) is 42.5 Å².